The van der Waals surface area contributed by atoms with Crippen LogP contribution in [0, 0.1) is 0 Å². The first-order valence-electron chi connectivity index (χ1n) is 9.37. The predicted molar refractivity (Wildman–Crippen MR) is 115 cm³/mol. The van der Waals surface area contributed by atoms with Crippen LogP contribution in [-0.2, 0) is 0 Å². The topological polar surface area (TPSA) is 77.2 Å². The van der Waals surface area contributed by atoms with Crippen LogP contribution in [-0.4, -0.2) is 22.7 Å². The van der Waals surface area contributed by atoms with Crippen LogP contribution in [0.15, 0.2) is 96.0 Å². The molecule has 148 valence electrons. The summed E-state index contributed by atoms with van der Waals surface area (Å²) in [4.78, 5) is 16.9. The number of nitrogens with zero attached hydrogens (tertiary/aromatic N) is 2. The van der Waals surface area contributed by atoms with Gasteiger partial charge < -0.3 is 14.6 Å². The number of ether oxygens (including phenoxy) is 1. The Morgan fingerprint density at radius 2 is 1.70 bits per heavy atom. The van der Waals surface area contributed by atoms with Gasteiger partial charge in [-0.1, -0.05) is 48.1 Å². The summed E-state index contributed by atoms with van der Waals surface area (Å²) in [7, 11) is 0. The first-order chi connectivity index (χ1) is 14.7. The van der Waals surface area contributed by atoms with Gasteiger partial charge in [-0.3, -0.25) is 4.79 Å². The first-order valence-corrected chi connectivity index (χ1v) is 9.37. The highest BCUT2D eigenvalue weighted by molar-refractivity contribution is 6.04. The molecule has 0 radical (unpaired) electrons. The van der Waals surface area contributed by atoms with Crippen LogP contribution in [0.4, 0.5) is 5.69 Å². The number of nitrogens with one attached hydrogen (secondary N) is 1. The van der Waals surface area contributed by atoms with E-state index in [2.05, 4.69) is 22.0 Å². The van der Waals surface area contributed by atoms with Gasteiger partial charge in [-0.2, -0.15) is 4.98 Å². The Balaban J connectivity index is 1.42. The summed E-state index contributed by atoms with van der Waals surface area (Å²) >= 11 is 0. The van der Waals surface area contributed by atoms with Crippen LogP contribution in [0.1, 0.15) is 10.4 Å². The highest BCUT2D eigenvalue weighted by Crippen LogP contribution is 2.23. The molecule has 1 heterocycles. The zero-order chi connectivity index (χ0) is 20.8. The lowest BCUT2D eigenvalue weighted by atomic mass is 10.1. The van der Waals surface area contributed by atoms with E-state index in [1.54, 1.807) is 42.5 Å². The third kappa shape index (κ3) is 4.44. The number of anilines is 1. The molecule has 0 fully saturated rings. The van der Waals surface area contributed by atoms with Crippen LogP contribution in [0.25, 0.3) is 22.8 Å². The Morgan fingerprint density at radius 3 is 2.40 bits per heavy atom. The molecule has 1 aromatic heterocycles. The number of benzene rings is 3. The Labute approximate surface area is 173 Å². The van der Waals surface area contributed by atoms with Gasteiger partial charge in [-0.15, -0.1) is 0 Å². The molecule has 0 aliphatic carbocycles. The maximum Gasteiger partial charge on any atom is 0.258 e. The molecule has 1 amide bonds. The molecule has 0 aliphatic heterocycles. The number of aromatic nitrogens is 2. The fourth-order valence-corrected chi connectivity index (χ4v) is 2.80. The fraction of sp³-hybridized carbons (Fsp3) is 0.0417. The van der Waals surface area contributed by atoms with Gasteiger partial charge in [0, 0.05) is 22.4 Å². The molecule has 4 rings (SSSR count). The summed E-state index contributed by atoms with van der Waals surface area (Å²) < 4.78 is 10.8. The summed E-state index contributed by atoms with van der Waals surface area (Å²) in [6.45, 7) is 4.03. The van der Waals surface area contributed by atoms with E-state index in [1.165, 1.54) is 0 Å². The first kappa shape index (κ1) is 19.1. The van der Waals surface area contributed by atoms with E-state index >= 15 is 0 Å². The van der Waals surface area contributed by atoms with E-state index in [4.69, 9.17) is 9.26 Å². The lowest BCUT2D eigenvalue weighted by molar-refractivity contribution is 0.102. The Hall–Kier alpha value is -4.19. The molecule has 0 unspecified atom stereocenters. The van der Waals surface area contributed by atoms with Crippen LogP contribution in [0.5, 0.6) is 5.75 Å². The second kappa shape index (κ2) is 8.87. The van der Waals surface area contributed by atoms with Crippen molar-refractivity contribution < 1.29 is 14.1 Å². The number of hydrogen-bond acceptors (Lipinski definition) is 5. The van der Waals surface area contributed by atoms with Gasteiger partial charge in [0.05, 0.1) is 0 Å². The van der Waals surface area contributed by atoms with Crippen molar-refractivity contribution in [2.45, 2.75) is 0 Å². The van der Waals surface area contributed by atoms with Crippen LogP contribution < -0.4 is 10.1 Å². The van der Waals surface area contributed by atoms with Gasteiger partial charge in [0.15, 0.2) is 0 Å². The third-order valence-corrected chi connectivity index (χ3v) is 4.33. The molecule has 6 heteroatoms. The van der Waals surface area contributed by atoms with Crippen LogP contribution in [0.3, 0.4) is 0 Å². The zero-order valence-electron chi connectivity index (χ0n) is 16.1. The number of carbonyl (C=O) groups is 1. The average molecular weight is 397 g/mol. The van der Waals surface area contributed by atoms with Crippen LogP contribution in [0.2, 0.25) is 0 Å². The van der Waals surface area contributed by atoms with Gasteiger partial charge in [-0.05, 0) is 48.5 Å². The Morgan fingerprint density at radius 1 is 0.967 bits per heavy atom. The summed E-state index contributed by atoms with van der Waals surface area (Å²) in [5.41, 5.74) is 2.86. The molecule has 0 saturated heterocycles. The van der Waals surface area contributed by atoms with Gasteiger partial charge in [0.2, 0.25) is 5.82 Å². The van der Waals surface area contributed by atoms with Crippen molar-refractivity contribution in [1.82, 2.24) is 10.1 Å². The molecule has 1 N–H and O–H groups in total. The number of amides is 1. The predicted octanol–water partition coefficient (Wildman–Crippen LogP) is 5.22. The summed E-state index contributed by atoms with van der Waals surface area (Å²) in [5, 5.41) is 6.90. The van der Waals surface area contributed by atoms with E-state index in [-0.39, 0.29) is 5.91 Å². The molecular weight excluding hydrogens is 378 g/mol. The minimum Gasteiger partial charge on any atom is -0.490 e. The maximum atomic E-state index is 12.4. The van der Waals surface area contributed by atoms with E-state index in [0.29, 0.717) is 35.3 Å². The molecule has 6 nitrogen and oxygen atoms in total. The maximum absolute atomic E-state index is 12.4. The second-order valence-electron chi connectivity index (χ2n) is 6.44. The van der Waals surface area contributed by atoms with Gasteiger partial charge in [0.25, 0.3) is 11.8 Å². The monoisotopic (exact) mass is 397 g/mol. The van der Waals surface area contributed by atoms with Crippen molar-refractivity contribution >= 4 is 11.6 Å². The van der Waals surface area contributed by atoms with E-state index in [1.807, 2.05) is 42.5 Å². The highest BCUT2D eigenvalue weighted by atomic mass is 16.5. The Bertz CT molecular complexity index is 1130. The van der Waals surface area contributed by atoms with Crippen molar-refractivity contribution in [1.29, 1.82) is 0 Å². The summed E-state index contributed by atoms with van der Waals surface area (Å²) in [6.07, 6.45) is 1.67. The molecular formula is C24H19N3O3. The molecule has 0 atom stereocenters. The lowest BCUT2D eigenvalue weighted by Gasteiger charge is -2.07. The lowest BCUT2D eigenvalue weighted by Crippen LogP contribution is -2.11. The van der Waals surface area contributed by atoms with Gasteiger partial charge >= 0.3 is 0 Å². The standard InChI is InChI=1S/C24H19N3O3/c1-2-16-29-21-14-10-18(11-15-21)23(28)25-20-12-8-19(9-13-20)24-26-22(27-30-24)17-6-4-3-5-7-17/h2-15H,1,16H2,(H,25,28). The largest absolute Gasteiger partial charge is 0.490 e. The summed E-state index contributed by atoms with van der Waals surface area (Å²) in [6, 6.07) is 23.8. The molecule has 0 aliphatic rings. The number of carbonyl (C=O) groups excluding carboxylic acids is 1. The van der Waals surface area contributed by atoms with Crippen molar-refractivity contribution in [2.24, 2.45) is 0 Å². The minimum absolute atomic E-state index is 0.206. The van der Waals surface area contributed by atoms with E-state index in [0.717, 1.165) is 11.1 Å². The van der Waals surface area contributed by atoms with Crippen molar-refractivity contribution in [3.63, 3.8) is 0 Å². The fourth-order valence-electron chi connectivity index (χ4n) is 2.80. The second-order valence-corrected chi connectivity index (χ2v) is 6.44. The zero-order valence-corrected chi connectivity index (χ0v) is 16.1. The number of hydrogen-bond donors (Lipinski definition) is 1. The highest BCUT2D eigenvalue weighted by Gasteiger charge is 2.11. The molecule has 0 bridgehead atoms. The van der Waals surface area contributed by atoms with Crippen molar-refractivity contribution in [2.75, 3.05) is 11.9 Å². The molecule has 0 saturated carbocycles. The van der Waals surface area contributed by atoms with E-state index < -0.39 is 0 Å². The van der Waals surface area contributed by atoms with Gasteiger partial charge in [-0.25, -0.2) is 0 Å². The van der Waals surface area contributed by atoms with Gasteiger partial charge in [0.1, 0.15) is 12.4 Å². The van der Waals surface area contributed by atoms with Crippen molar-refractivity contribution in [3.8, 4) is 28.6 Å². The summed E-state index contributed by atoms with van der Waals surface area (Å²) in [5.74, 6) is 1.43. The quantitative estimate of drug-likeness (QED) is 0.433. The van der Waals surface area contributed by atoms with Crippen LogP contribution >= 0.6 is 0 Å². The average Bonchev–Trinajstić information content (AvgIpc) is 3.29. The van der Waals surface area contributed by atoms with E-state index in [9.17, 15) is 4.79 Å². The number of rotatable bonds is 7. The Kier molecular flexibility index (Phi) is 5.66. The minimum atomic E-state index is -0.206. The molecule has 4 aromatic rings. The van der Waals surface area contributed by atoms with Crippen molar-refractivity contribution in [3.05, 3.63) is 97.1 Å². The molecule has 3 aromatic carbocycles. The smallest absolute Gasteiger partial charge is 0.258 e. The normalized spacial score (nSPS) is 10.4. The molecule has 30 heavy (non-hydrogen) atoms. The SMILES string of the molecule is C=CCOc1ccc(C(=O)Nc2ccc(-c3nc(-c4ccccc4)no3)cc2)cc1. The molecule has 0 spiro atoms. The third-order valence-electron chi connectivity index (χ3n) is 4.33.